The molecule has 1 aliphatic carbocycles. The van der Waals surface area contributed by atoms with Crippen molar-refractivity contribution in [3.8, 4) is 5.75 Å². The van der Waals surface area contributed by atoms with Crippen molar-refractivity contribution in [2.75, 3.05) is 0 Å². The summed E-state index contributed by atoms with van der Waals surface area (Å²) in [5.41, 5.74) is 2.47. The predicted octanol–water partition coefficient (Wildman–Crippen LogP) is 1.91. The summed E-state index contributed by atoms with van der Waals surface area (Å²) < 4.78 is 0. The number of oxime groups is 1. The van der Waals surface area contributed by atoms with E-state index < -0.39 is 0 Å². The van der Waals surface area contributed by atoms with Gasteiger partial charge < -0.3 is 10.3 Å². The molecule has 0 fully saturated rings. The van der Waals surface area contributed by atoms with Gasteiger partial charge in [-0.3, -0.25) is 0 Å². The molecule has 1 aliphatic rings. The van der Waals surface area contributed by atoms with E-state index in [1.807, 2.05) is 6.07 Å². The molecule has 2 rings (SSSR count). The summed E-state index contributed by atoms with van der Waals surface area (Å²) in [6.45, 7) is 0. The van der Waals surface area contributed by atoms with Crippen LogP contribution in [0.3, 0.4) is 0 Å². The van der Waals surface area contributed by atoms with Gasteiger partial charge in [0, 0.05) is 11.1 Å². The number of nitrogens with zero attached hydrogens (tertiary/aromatic N) is 1. The third-order valence-corrected chi connectivity index (χ3v) is 2.42. The quantitative estimate of drug-likeness (QED) is 0.469. The highest BCUT2D eigenvalue weighted by Gasteiger charge is 2.17. The van der Waals surface area contributed by atoms with Gasteiger partial charge in [0.2, 0.25) is 0 Å². The molecule has 13 heavy (non-hydrogen) atoms. The molecule has 0 atom stereocenters. The molecule has 2 N–H and O–H groups in total. The Morgan fingerprint density at radius 2 is 2.08 bits per heavy atom. The highest BCUT2D eigenvalue weighted by atomic mass is 16.4. The lowest BCUT2D eigenvalue weighted by Crippen LogP contribution is -2.11. The van der Waals surface area contributed by atoms with Gasteiger partial charge in [0.1, 0.15) is 5.75 Å². The summed E-state index contributed by atoms with van der Waals surface area (Å²) in [4.78, 5) is 0. The van der Waals surface area contributed by atoms with E-state index in [1.54, 1.807) is 12.1 Å². The van der Waals surface area contributed by atoms with Crippen LogP contribution in [0.25, 0.3) is 0 Å². The Morgan fingerprint density at radius 1 is 1.23 bits per heavy atom. The van der Waals surface area contributed by atoms with Crippen molar-refractivity contribution in [1.82, 2.24) is 0 Å². The van der Waals surface area contributed by atoms with Crippen LogP contribution in [0.5, 0.6) is 5.75 Å². The maximum absolute atomic E-state index is 9.53. The number of hydrogen-bond acceptors (Lipinski definition) is 3. The lowest BCUT2D eigenvalue weighted by atomic mass is 9.89. The fourth-order valence-corrected chi connectivity index (χ4v) is 1.78. The summed E-state index contributed by atoms with van der Waals surface area (Å²) in [6.07, 6.45) is 2.58. The summed E-state index contributed by atoms with van der Waals surface area (Å²) in [6, 6.07) is 5.31. The minimum absolute atomic E-state index is 0.304. The van der Waals surface area contributed by atoms with Crippen molar-refractivity contribution in [1.29, 1.82) is 0 Å². The molecule has 68 valence electrons. The fraction of sp³-hybridized carbons (Fsp3) is 0.300. The second-order valence-corrected chi connectivity index (χ2v) is 3.20. The van der Waals surface area contributed by atoms with Gasteiger partial charge >= 0.3 is 0 Å². The van der Waals surface area contributed by atoms with Gasteiger partial charge in [0.15, 0.2) is 0 Å². The monoisotopic (exact) mass is 177 g/mol. The molecule has 1 aromatic carbocycles. The first-order valence-corrected chi connectivity index (χ1v) is 4.35. The van der Waals surface area contributed by atoms with E-state index in [4.69, 9.17) is 5.21 Å². The zero-order valence-electron chi connectivity index (χ0n) is 7.20. The average molecular weight is 177 g/mol. The summed E-state index contributed by atoms with van der Waals surface area (Å²) >= 11 is 0. The zero-order chi connectivity index (χ0) is 9.26. The molecule has 0 bridgehead atoms. The largest absolute Gasteiger partial charge is 0.508 e. The van der Waals surface area contributed by atoms with Crippen molar-refractivity contribution in [3.63, 3.8) is 0 Å². The summed E-state index contributed by atoms with van der Waals surface area (Å²) in [7, 11) is 0. The van der Waals surface area contributed by atoms with E-state index in [0.717, 1.165) is 30.4 Å². The van der Waals surface area contributed by atoms with E-state index in [0.29, 0.717) is 11.5 Å². The number of rotatable bonds is 0. The van der Waals surface area contributed by atoms with E-state index in [1.165, 1.54) is 0 Å². The molecular formula is C10H11NO2. The Balaban J connectivity index is 2.58. The van der Waals surface area contributed by atoms with Gasteiger partial charge in [-0.25, -0.2) is 0 Å². The van der Waals surface area contributed by atoms with E-state index in [9.17, 15) is 5.11 Å². The molecular weight excluding hydrogens is 166 g/mol. The number of phenols is 1. The highest BCUT2D eigenvalue weighted by molar-refractivity contribution is 6.02. The number of phenolic OH excluding ortho intramolecular Hbond substituents is 1. The minimum atomic E-state index is 0.304. The first-order valence-electron chi connectivity index (χ1n) is 4.35. The molecule has 0 heterocycles. The van der Waals surface area contributed by atoms with Crippen LogP contribution in [0, 0.1) is 0 Å². The number of fused-ring (bicyclic) bond motifs is 1. The lowest BCUT2D eigenvalue weighted by molar-refractivity contribution is 0.317. The van der Waals surface area contributed by atoms with E-state index in [2.05, 4.69) is 5.16 Å². The van der Waals surface area contributed by atoms with Crippen molar-refractivity contribution in [2.24, 2.45) is 5.16 Å². The number of hydrogen-bond donors (Lipinski definition) is 2. The van der Waals surface area contributed by atoms with Gasteiger partial charge in [0.25, 0.3) is 0 Å². The van der Waals surface area contributed by atoms with Gasteiger partial charge in [-0.15, -0.1) is 0 Å². The standard InChI is InChI=1S/C10H11NO2/c12-10-6-2-3-7-8(10)4-1-5-9(7)11-13/h2-3,6,12-13H,1,4-5H2. The average Bonchev–Trinajstić information content (AvgIpc) is 2.18. The van der Waals surface area contributed by atoms with Crippen LogP contribution in [0.15, 0.2) is 23.4 Å². The molecule has 3 heteroatoms. The number of aromatic hydroxyl groups is 1. The number of benzene rings is 1. The Labute approximate surface area is 76.3 Å². The van der Waals surface area contributed by atoms with E-state index >= 15 is 0 Å². The molecule has 0 aromatic heterocycles. The lowest BCUT2D eigenvalue weighted by Gasteiger charge is -2.17. The van der Waals surface area contributed by atoms with Crippen LogP contribution < -0.4 is 0 Å². The van der Waals surface area contributed by atoms with E-state index in [-0.39, 0.29) is 0 Å². The van der Waals surface area contributed by atoms with Crippen LogP contribution in [0.2, 0.25) is 0 Å². The molecule has 0 aliphatic heterocycles. The Kier molecular flexibility index (Phi) is 1.93. The van der Waals surface area contributed by atoms with Crippen molar-refractivity contribution in [2.45, 2.75) is 19.3 Å². The highest BCUT2D eigenvalue weighted by Crippen LogP contribution is 2.28. The molecule has 0 unspecified atom stereocenters. The zero-order valence-corrected chi connectivity index (χ0v) is 7.20. The minimum Gasteiger partial charge on any atom is -0.508 e. The van der Waals surface area contributed by atoms with Crippen molar-refractivity contribution in [3.05, 3.63) is 29.3 Å². The smallest absolute Gasteiger partial charge is 0.119 e. The van der Waals surface area contributed by atoms with Crippen molar-refractivity contribution >= 4 is 5.71 Å². The second kappa shape index (κ2) is 3.09. The third kappa shape index (κ3) is 1.26. The summed E-state index contributed by atoms with van der Waals surface area (Å²) in [5.74, 6) is 0.304. The normalized spacial score (nSPS) is 18.6. The van der Waals surface area contributed by atoms with Crippen LogP contribution >= 0.6 is 0 Å². The Bertz CT molecular complexity index is 358. The molecule has 0 radical (unpaired) electrons. The van der Waals surface area contributed by atoms with Gasteiger partial charge in [-0.05, 0) is 25.3 Å². The predicted molar refractivity (Wildman–Crippen MR) is 49.4 cm³/mol. The molecule has 0 saturated carbocycles. The van der Waals surface area contributed by atoms with Crippen LogP contribution in [-0.4, -0.2) is 16.0 Å². The second-order valence-electron chi connectivity index (χ2n) is 3.20. The van der Waals surface area contributed by atoms with Crippen LogP contribution in [-0.2, 0) is 6.42 Å². The Morgan fingerprint density at radius 3 is 2.85 bits per heavy atom. The van der Waals surface area contributed by atoms with Crippen molar-refractivity contribution < 1.29 is 10.3 Å². The maximum Gasteiger partial charge on any atom is 0.119 e. The third-order valence-electron chi connectivity index (χ3n) is 2.42. The molecule has 1 aromatic rings. The SMILES string of the molecule is ON=C1CCCc2c(O)cccc21. The van der Waals surface area contributed by atoms with Crippen LogP contribution in [0.4, 0.5) is 0 Å². The van der Waals surface area contributed by atoms with Gasteiger partial charge in [-0.1, -0.05) is 17.3 Å². The van der Waals surface area contributed by atoms with Gasteiger partial charge in [0.05, 0.1) is 5.71 Å². The topological polar surface area (TPSA) is 52.8 Å². The Hall–Kier alpha value is -1.51. The first-order chi connectivity index (χ1) is 6.33. The fourth-order valence-electron chi connectivity index (χ4n) is 1.78. The molecule has 0 amide bonds. The van der Waals surface area contributed by atoms with Gasteiger partial charge in [-0.2, -0.15) is 0 Å². The summed E-state index contributed by atoms with van der Waals surface area (Å²) in [5, 5.41) is 21.5. The maximum atomic E-state index is 9.53. The molecule has 3 nitrogen and oxygen atoms in total. The molecule has 0 spiro atoms. The first kappa shape index (κ1) is 8.10. The van der Waals surface area contributed by atoms with Crippen LogP contribution in [0.1, 0.15) is 24.0 Å². The molecule has 0 saturated heterocycles.